The Balaban J connectivity index is 2.47. The molecule has 8 heteroatoms. The van der Waals surface area contributed by atoms with Crippen LogP contribution in [0.2, 0.25) is 0 Å². The van der Waals surface area contributed by atoms with Crippen LogP contribution in [0.4, 0.5) is 4.79 Å². The number of carboxylic acid groups (broad SMARTS) is 1. The second-order valence-electron chi connectivity index (χ2n) is 7.78. The van der Waals surface area contributed by atoms with E-state index >= 15 is 0 Å². The van der Waals surface area contributed by atoms with Crippen molar-refractivity contribution in [2.75, 3.05) is 18.6 Å². The van der Waals surface area contributed by atoms with Gasteiger partial charge in [-0.25, -0.2) is 4.79 Å². The highest BCUT2D eigenvalue weighted by Gasteiger charge is 2.28. The SMILES string of the molecule is CSCC[C@H](NC(=O)OC(C)(C)C)C(=O)NCC1CCC(C(=O)O)CC1. The summed E-state index contributed by atoms with van der Waals surface area (Å²) in [4.78, 5) is 35.4. The second-order valence-corrected chi connectivity index (χ2v) is 8.77. The number of hydrogen-bond donors (Lipinski definition) is 3. The predicted octanol–water partition coefficient (Wildman–Crippen LogP) is 2.64. The molecular weight excluding hydrogens is 356 g/mol. The summed E-state index contributed by atoms with van der Waals surface area (Å²) < 4.78 is 5.23. The molecule has 0 saturated heterocycles. The minimum atomic E-state index is -0.730. The van der Waals surface area contributed by atoms with E-state index < -0.39 is 23.7 Å². The number of carboxylic acids is 1. The van der Waals surface area contributed by atoms with Gasteiger partial charge in [-0.1, -0.05) is 0 Å². The van der Waals surface area contributed by atoms with Crippen molar-refractivity contribution < 1.29 is 24.2 Å². The van der Waals surface area contributed by atoms with Crippen molar-refractivity contribution in [1.29, 1.82) is 0 Å². The Hall–Kier alpha value is -1.44. The highest BCUT2D eigenvalue weighted by molar-refractivity contribution is 7.98. The van der Waals surface area contributed by atoms with Gasteiger partial charge in [-0.05, 0) is 70.8 Å². The Morgan fingerprint density at radius 3 is 2.31 bits per heavy atom. The summed E-state index contributed by atoms with van der Waals surface area (Å²) in [6.07, 6.45) is 4.78. The van der Waals surface area contributed by atoms with Crippen LogP contribution in [-0.4, -0.2) is 53.3 Å². The summed E-state index contributed by atoms with van der Waals surface area (Å²) in [5.74, 6) is -0.170. The number of nitrogens with one attached hydrogen (secondary N) is 2. The van der Waals surface area contributed by atoms with Crippen molar-refractivity contribution in [2.24, 2.45) is 11.8 Å². The van der Waals surface area contributed by atoms with Gasteiger partial charge in [0.25, 0.3) is 0 Å². The van der Waals surface area contributed by atoms with Gasteiger partial charge < -0.3 is 20.5 Å². The number of carbonyl (C=O) groups excluding carboxylic acids is 2. The van der Waals surface area contributed by atoms with E-state index in [1.165, 1.54) is 0 Å². The molecule has 0 bridgehead atoms. The molecule has 0 aromatic rings. The molecule has 0 spiro atoms. The minimum Gasteiger partial charge on any atom is -0.481 e. The number of alkyl carbamates (subject to hydrolysis) is 1. The van der Waals surface area contributed by atoms with E-state index in [4.69, 9.17) is 9.84 Å². The summed E-state index contributed by atoms with van der Waals surface area (Å²) in [5.41, 5.74) is -0.618. The van der Waals surface area contributed by atoms with E-state index in [1.807, 2.05) is 6.26 Å². The number of hydrogen-bond acceptors (Lipinski definition) is 5. The first-order valence-electron chi connectivity index (χ1n) is 9.11. The number of rotatable bonds is 8. The molecule has 1 fully saturated rings. The van der Waals surface area contributed by atoms with Crippen molar-refractivity contribution in [1.82, 2.24) is 10.6 Å². The van der Waals surface area contributed by atoms with E-state index in [9.17, 15) is 14.4 Å². The largest absolute Gasteiger partial charge is 0.481 e. The topological polar surface area (TPSA) is 105 Å². The van der Waals surface area contributed by atoms with Crippen molar-refractivity contribution in [3.05, 3.63) is 0 Å². The summed E-state index contributed by atoms with van der Waals surface area (Å²) in [5, 5.41) is 14.6. The van der Waals surface area contributed by atoms with Crippen LogP contribution in [0.5, 0.6) is 0 Å². The first-order valence-corrected chi connectivity index (χ1v) is 10.5. The van der Waals surface area contributed by atoms with Gasteiger partial charge in [0.2, 0.25) is 5.91 Å². The summed E-state index contributed by atoms with van der Waals surface area (Å²) in [6, 6.07) is -0.632. The Morgan fingerprint density at radius 1 is 1.19 bits per heavy atom. The van der Waals surface area contributed by atoms with E-state index in [0.29, 0.717) is 25.8 Å². The minimum absolute atomic E-state index is 0.217. The Kier molecular flexibility index (Phi) is 9.25. The van der Waals surface area contributed by atoms with Crippen LogP contribution in [-0.2, 0) is 14.3 Å². The zero-order chi connectivity index (χ0) is 19.7. The van der Waals surface area contributed by atoms with E-state index in [2.05, 4.69) is 10.6 Å². The lowest BCUT2D eigenvalue weighted by Crippen LogP contribution is -2.49. The molecule has 3 N–H and O–H groups in total. The molecule has 0 aliphatic heterocycles. The summed E-state index contributed by atoms with van der Waals surface area (Å²) in [6.45, 7) is 5.84. The highest BCUT2D eigenvalue weighted by Crippen LogP contribution is 2.28. The van der Waals surface area contributed by atoms with Gasteiger partial charge in [-0.15, -0.1) is 0 Å². The van der Waals surface area contributed by atoms with Crippen molar-refractivity contribution in [3.8, 4) is 0 Å². The average Bonchev–Trinajstić information content (AvgIpc) is 2.55. The monoisotopic (exact) mass is 388 g/mol. The highest BCUT2D eigenvalue weighted by atomic mass is 32.2. The Morgan fingerprint density at radius 2 is 1.81 bits per heavy atom. The normalized spacial score (nSPS) is 21.5. The van der Waals surface area contributed by atoms with Gasteiger partial charge in [0, 0.05) is 6.54 Å². The predicted molar refractivity (Wildman–Crippen MR) is 102 cm³/mol. The van der Waals surface area contributed by atoms with Gasteiger partial charge in [0.05, 0.1) is 5.92 Å². The van der Waals surface area contributed by atoms with Crippen LogP contribution >= 0.6 is 11.8 Å². The third kappa shape index (κ3) is 8.78. The van der Waals surface area contributed by atoms with Crippen molar-refractivity contribution in [3.63, 3.8) is 0 Å². The molecule has 1 aliphatic rings. The summed E-state index contributed by atoms with van der Waals surface area (Å²) >= 11 is 1.61. The van der Waals surface area contributed by atoms with Crippen LogP contribution in [0.15, 0.2) is 0 Å². The standard InChI is InChI=1S/C18H32N2O5S/c1-18(2,3)25-17(24)20-14(9-10-26-4)15(21)19-11-12-5-7-13(8-6-12)16(22)23/h12-14H,5-11H2,1-4H3,(H,19,21)(H,20,24)(H,22,23)/t12?,13?,14-/m0/s1. The van der Waals surface area contributed by atoms with Gasteiger partial charge in [-0.2, -0.15) is 11.8 Å². The van der Waals surface area contributed by atoms with Crippen LogP contribution in [0.3, 0.4) is 0 Å². The molecule has 0 heterocycles. The number of ether oxygens (including phenoxy) is 1. The number of amides is 2. The van der Waals surface area contributed by atoms with Gasteiger partial charge in [0.15, 0.2) is 0 Å². The number of aliphatic carboxylic acids is 1. The maximum absolute atomic E-state index is 12.5. The van der Waals surface area contributed by atoms with Crippen LogP contribution in [0, 0.1) is 11.8 Å². The Labute approximate surface area is 160 Å². The van der Waals surface area contributed by atoms with E-state index in [0.717, 1.165) is 18.6 Å². The zero-order valence-corrected chi connectivity index (χ0v) is 17.0. The van der Waals surface area contributed by atoms with Crippen LogP contribution < -0.4 is 10.6 Å². The number of thioether (sulfide) groups is 1. The van der Waals surface area contributed by atoms with Gasteiger partial charge in [-0.3, -0.25) is 9.59 Å². The van der Waals surface area contributed by atoms with Gasteiger partial charge >= 0.3 is 12.1 Å². The van der Waals surface area contributed by atoms with E-state index in [-0.39, 0.29) is 17.7 Å². The molecular formula is C18H32N2O5S. The smallest absolute Gasteiger partial charge is 0.408 e. The maximum Gasteiger partial charge on any atom is 0.408 e. The number of carbonyl (C=O) groups is 3. The molecule has 0 aromatic carbocycles. The fraction of sp³-hybridized carbons (Fsp3) is 0.833. The molecule has 1 rings (SSSR count). The first kappa shape index (κ1) is 22.6. The fourth-order valence-electron chi connectivity index (χ4n) is 2.94. The molecule has 1 atom stereocenters. The molecule has 1 aliphatic carbocycles. The summed E-state index contributed by atoms with van der Waals surface area (Å²) in [7, 11) is 0. The lowest BCUT2D eigenvalue weighted by molar-refractivity contribution is -0.143. The molecule has 1 saturated carbocycles. The molecule has 150 valence electrons. The van der Waals surface area contributed by atoms with E-state index in [1.54, 1.807) is 32.5 Å². The molecule has 0 unspecified atom stereocenters. The van der Waals surface area contributed by atoms with Crippen LogP contribution in [0.25, 0.3) is 0 Å². The molecule has 0 radical (unpaired) electrons. The van der Waals surface area contributed by atoms with Crippen LogP contribution in [0.1, 0.15) is 52.9 Å². The zero-order valence-electron chi connectivity index (χ0n) is 16.2. The second kappa shape index (κ2) is 10.6. The molecule has 2 amide bonds. The fourth-order valence-corrected chi connectivity index (χ4v) is 3.41. The first-order chi connectivity index (χ1) is 12.1. The molecule has 26 heavy (non-hydrogen) atoms. The molecule has 7 nitrogen and oxygen atoms in total. The lowest BCUT2D eigenvalue weighted by atomic mass is 9.82. The quantitative estimate of drug-likeness (QED) is 0.590. The molecule has 0 aromatic heterocycles. The maximum atomic E-state index is 12.5. The average molecular weight is 389 g/mol. The third-order valence-corrected chi connectivity index (χ3v) is 5.02. The van der Waals surface area contributed by atoms with Crippen molar-refractivity contribution >= 4 is 29.7 Å². The van der Waals surface area contributed by atoms with Gasteiger partial charge in [0.1, 0.15) is 11.6 Å². The third-order valence-electron chi connectivity index (χ3n) is 4.38. The Bertz CT molecular complexity index is 484. The lowest BCUT2D eigenvalue weighted by Gasteiger charge is -2.27. The van der Waals surface area contributed by atoms with Crippen molar-refractivity contribution in [2.45, 2.75) is 64.5 Å².